The number of alkyl halides is 6. The maximum atomic E-state index is 13.5. The number of nitrogens with zero attached hydrogens (tertiary/aromatic N) is 1. The van der Waals surface area contributed by atoms with E-state index >= 15 is 0 Å². The first-order chi connectivity index (χ1) is 16.9. The molecule has 2 aromatic rings. The smallest absolute Gasteiger partial charge is 0.416 e. The van der Waals surface area contributed by atoms with E-state index in [-0.39, 0.29) is 38.9 Å². The lowest BCUT2D eigenvalue weighted by Crippen LogP contribution is -2.38. The third kappa shape index (κ3) is 6.38. The summed E-state index contributed by atoms with van der Waals surface area (Å²) in [6.45, 7) is 2.15. The number of thiocarbonyl (C=S) groups is 1. The second kappa shape index (κ2) is 10.4. The molecular weight excluding hydrogens is 530 g/mol. The summed E-state index contributed by atoms with van der Waals surface area (Å²) in [7, 11) is 0. The molecule has 0 aromatic heterocycles. The molecule has 0 saturated carbocycles. The molecule has 0 spiro atoms. The second-order valence-electron chi connectivity index (χ2n) is 7.91. The van der Waals surface area contributed by atoms with E-state index in [4.69, 9.17) is 21.7 Å². The van der Waals surface area contributed by atoms with E-state index in [0.29, 0.717) is 44.0 Å². The lowest BCUT2D eigenvalue weighted by Gasteiger charge is -2.27. The van der Waals surface area contributed by atoms with Crippen LogP contribution >= 0.6 is 24.0 Å². The molecule has 0 aliphatic carbocycles. The zero-order valence-electron chi connectivity index (χ0n) is 18.3. The molecule has 13 heteroatoms. The van der Waals surface area contributed by atoms with Crippen molar-refractivity contribution in [2.75, 3.05) is 33.0 Å². The Morgan fingerprint density at radius 1 is 1.03 bits per heavy atom. The number of carbonyl (C=O) groups excluding carboxylic acids is 1. The minimum absolute atomic E-state index is 0.0141. The Labute approximate surface area is 211 Å². The molecule has 1 N–H and O–H groups in total. The fourth-order valence-electron chi connectivity index (χ4n) is 3.56. The zero-order valence-corrected chi connectivity index (χ0v) is 20.0. The van der Waals surface area contributed by atoms with Gasteiger partial charge in [-0.2, -0.15) is 26.3 Å². The second-order valence-corrected chi connectivity index (χ2v) is 9.63. The highest BCUT2D eigenvalue weighted by Gasteiger charge is 2.37. The van der Waals surface area contributed by atoms with Crippen LogP contribution in [0.5, 0.6) is 5.75 Å². The summed E-state index contributed by atoms with van der Waals surface area (Å²) >= 11 is 5.95. The van der Waals surface area contributed by atoms with Crippen molar-refractivity contribution in [1.82, 2.24) is 10.2 Å². The van der Waals surface area contributed by atoms with Crippen molar-refractivity contribution in [2.45, 2.75) is 12.4 Å². The molecule has 2 aliphatic rings. The number of hydrogen-bond acceptors (Lipinski definition) is 6. The van der Waals surface area contributed by atoms with E-state index in [1.807, 2.05) is 4.90 Å². The molecule has 36 heavy (non-hydrogen) atoms. The molecule has 2 aromatic carbocycles. The van der Waals surface area contributed by atoms with Gasteiger partial charge in [-0.3, -0.25) is 9.69 Å². The topological polar surface area (TPSA) is 50.8 Å². The van der Waals surface area contributed by atoms with Crippen molar-refractivity contribution in [1.29, 1.82) is 0 Å². The number of thioether (sulfide) groups is 1. The van der Waals surface area contributed by atoms with Crippen LogP contribution in [0.25, 0.3) is 17.2 Å². The van der Waals surface area contributed by atoms with Crippen molar-refractivity contribution in [3.05, 3.63) is 58.0 Å². The molecule has 0 radical (unpaired) electrons. The van der Waals surface area contributed by atoms with Gasteiger partial charge in [0.15, 0.2) is 0 Å². The highest BCUT2D eigenvalue weighted by molar-refractivity contribution is 8.26. The third-order valence-corrected chi connectivity index (χ3v) is 6.51. The van der Waals surface area contributed by atoms with Gasteiger partial charge in [0.1, 0.15) is 16.8 Å². The summed E-state index contributed by atoms with van der Waals surface area (Å²) in [5.41, 5.74) is -2.82. The van der Waals surface area contributed by atoms with Crippen molar-refractivity contribution in [3.8, 4) is 16.9 Å². The van der Waals surface area contributed by atoms with Crippen molar-refractivity contribution in [2.24, 2.45) is 0 Å². The van der Waals surface area contributed by atoms with E-state index in [1.165, 1.54) is 18.2 Å². The number of halogens is 6. The van der Waals surface area contributed by atoms with Gasteiger partial charge >= 0.3 is 12.4 Å². The number of carbonyl (C=O) groups is 1. The van der Waals surface area contributed by atoms with Gasteiger partial charge in [-0.1, -0.05) is 30.0 Å². The molecular formula is C23H18F6N2O3S2. The first-order valence-corrected chi connectivity index (χ1v) is 11.7. The zero-order chi connectivity index (χ0) is 26.1. The van der Waals surface area contributed by atoms with Crippen molar-refractivity contribution in [3.63, 3.8) is 0 Å². The first-order valence-electron chi connectivity index (χ1n) is 10.5. The van der Waals surface area contributed by atoms with Gasteiger partial charge in [-0.15, -0.1) is 0 Å². The molecule has 0 unspecified atom stereocenters. The Hall–Kier alpha value is -2.61. The summed E-state index contributed by atoms with van der Waals surface area (Å²) in [4.78, 5) is 14.2. The molecule has 1 amide bonds. The van der Waals surface area contributed by atoms with Crippen LogP contribution in [0.2, 0.25) is 0 Å². The monoisotopic (exact) mass is 548 g/mol. The molecule has 2 saturated heterocycles. The van der Waals surface area contributed by atoms with Crippen molar-refractivity contribution < 1.29 is 40.6 Å². The van der Waals surface area contributed by atoms with Gasteiger partial charge in [0, 0.05) is 18.7 Å². The van der Waals surface area contributed by atoms with Crippen LogP contribution in [-0.2, 0) is 21.9 Å². The van der Waals surface area contributed by atoms with E-state index in [2.05, 4.69) is 5.32 Å². The predicted molar refractivity (Wildman–Crippen MR) is 126 cm³/mol. The quantitative estimate of drug-likeness (QED) is 0.301. The number of amides is 1. The van der Waals surface area contributed by atoms with Crippen LogP contribution in [0.15, 0.2) is 41.3 Å². The third-order valence-electron chi connectivity index (χ3n) is 5.35. The Bertz CT molecular complexity index is 1180. The largest absolute Gasteiger partial charge is 0.477 e. The average molecular weight is 549 g/mol. The van der Waals surface area contributed by atoms with Gasteiger partial charge in [-0.05, 0) is 47.5 Å². The number of morpholine rings is 1. The number of ether oxygens (including phenoxy) is 2. The maximum absolute atomic E-state index is 13.5. The normalized spacial score (nSPS) is 18.6. The van der Waals surface area contributed by atoms with E-state index in [0.717, 1.165) is 11.8 Å². The van der Waals surface area contributed by atoms with E-state index in [1.54, 1.807) is 6.07 Å². The Morgan fingerprint density at radius 3 is 2.22 bits per heavy atom. The lowest BCUT2D eigenvalue weighted by molar-refractivity contribution is -0.143. The minimum Gasteiger partial charge on any atom is -0.477 e. The summed E-state index contributed by atoms with van der Waals surface area (Å²) in [6.07, 6.45) is -8.55. The van der Waals surface area contributed by atoms with Gasteiger partial charge in [0.25, 0.3) is 5.91 Å². The summed E-state index contributed by atoms with van der Waals surface area (Å²) in [5.74, 6) is -0.354. The summed E-state index contributed by atoms with van der Waals surface area (Å²) < 4.78 is 92.3. The number of benzene rings is 2. The minimum atomic E-state index is -5.00. The summed E-state index contributed by atoms with van der Waals surface area (Å²) in [6, 6.07) is 5.76. The molecule has 192 valence electrons. The Morgan fingerprint density at radius 2 is 1.67 bits per heavy atom. The van der Waals surface area contributed by atoms with E-state index in [9.17, 15) is 31.1 Å². The number of hydrogen-bond donors (Lipinski definition) is 1. The highest BCUT2D eigenvalue weighted by Crippen LogP contribution is 2.41. The average Bonchev–Trinajstić information content (AvgIpc) is 3.13. The molecule has 0 bridgehead atoms. The number of rotatable bonds is 5. The van der Waals surface area contributed by atoms with Gasteiger partial charge in [0.2, 0.25) is 0 Å². The van der Waals surface area contributed by atoms with Crippen molar-refractivity contribution >= 4 is 40.3 Å². The lowest BCUT2D eigenvalue weighted by atomic mass is 9.96. The van der Waals surface area contributed by atoms with E-state index < -0.39 is 29.4 Å². The molecule has 4 rings (SSSR count). The first kappa shape index (κ1) is 26.5. The van der Waals surface area contributed by atoms with Crippen LogP contribution in [0, 0.1) is 0 Å². The van der Waals surface area contributed by atoms with Gasteiger partial charge < -0.3 is 14.8 Å². The SMILES string of the molecule is O=C1NC(=S)S/C1=C\c1ccc(OCN2CCOCC2)c(-c2cc(C(F)(F)F)cc(C(F)(F)F)c2)c1. The van der Waals surface area contributed by atoms with Crippen LogP contribution in [0.3, 0.4) is 0 Å². The Balaban J connectivity index is 1.79. The van der Waals surface area contributed by atoms with Crippen LogP contribution in [0.1, 0.15) is 16.7 Å². The highest BCUT2D eigenvalue weighted by atomic mass is 32.2. The Kier molecular flexibility index (Phi) is 7.64. The molecule has 5 nitrogen and oxygen atoms in total. The summed E-state index contributed by atoms with van der Waals surface area (Å²) in [5, 5.41) is 2.45. The predicted octanol–water partition coefficient (Wildman–Crippen LogP) is 5.55. The molecule has 0 atom stereocenters. The fourth-order valence-corrected chi connectivity index (χ4v) is 4.61. The number of nitrogens with one attached hydrogen (secondary N) is 1. The molecule has 2 fully saturated rings. The standard InChI is InChI=1S/C23H18F6N2O3S2/c24-22(25,26)15-9-14(10-16(11-15)23(27,28)29)17-7-13(8-19-20(32)30-21(35)36-19)1-2-18(17)34-12-31-3-5-33-6-4-31/h1-2,7-11H,3-6,12H2,(H,30,32,35)/b19-8-. The van der Waals surface area contributed by atoms with Gasteiger partial charge in [-0.25, -0.2) is 0 Å². The van der Waals surface area contributed by atoms with Gasteiger partial charge in [0.05, 0.1) is 29.2 Å². The van der Waals surface area contributed by atoms with Crippen LogP contribution < -0.4 is 10.1 Å². The van der Waals surface area contributed by atoms with Crippen LogP contribution in [0.4, 0.5) is 26.3 Å². The maximum Gasteiger partial charge on any atom is 0.416 e. The molecule has 2 heterocycles. The van der Waals surface area contributed by atoms with Crippen LogP contribution in [-0.4, -0.2) is 48.2 Å². The fraction of sp³-hybridized carbons (Fsp3) is 0.304. The molecule has 2 aliphatic heterocycles.